The van der Waals surface area contributed by atoms with Crippen LogP contribution < -0.4 is 0 Å². The molecule has 0 unspecified atom stereocenters. The van der Waals surface area contributed by atoms with E-state index >= 15 is 0 Å². The molecule has 1 aliphatic heterocycles. The number of carbonyl (C=O) groups is 1. The predicted molar refractivity (Wildman–Crippen MR) is 78.3 cm³/mol. The summed E-state index contributed by atoms with van der Waals surface area (Å²) >= 11 is 0. The SMILES string of the molecule is Cc1ccc(CN2CCN(C[C@H](C)C(F)(F)F)CC2=O)cc1. The number of nitrogens with zero attached hydrogens (tertiary/aromatic N) is 2. The van der Waals surface area contributed by atoms with E-state index in [1.165, 1.54) is 0 Å². The summed E-state index contributed by atoms with van der Waals surface area (Å²) in [6, 6.07) is 7.92. The van der Waals surface area contributed by atoms with Gasteiger partial charge in [-0.1, -0.05) is 36.8 Å². The summed E-state index contributed by atoms with van der Waals surface area (Å²) in [5, 5.41) is 0. The van der Waals surface area contributed by atoms with Crippen LogP contribution in [0.3, 0.4) is 0 Å². The zero-order valence-corrected chi connectivity index (χ0v) is 12.9. The zero-order valence-electron chi connectivity index (χ0n) is 12.9. The highest BCUT2D eigenvalue weighted by Crippen LogP contribution is 2.26. The lowest BCUT2D eigenvalue weighted by Gasteiger charge is -2.35. The van der Waals surface area contributed by atoms with Crippen LogP contribution in [0.5, 0.6) is 0 Å². The van der Waals surface area contributed by atoms with Crippen molar-refractivity contribution in [2.24, 2.45) is 5.92 Å². The first-order valence-corrected chi connectivity index (χ1v) is 7.38. The van der Waals surface area contributed by atoms with Crippen molar-refractivity contribution in [2.45, 2.75) is 26.6 Å². The molecular formula is C16H21F3N2O. The van der Waals surface area contributed by atoms with Gasteiger partial charge in [-0.2, -0.15) is 13.2 Å². The molecule has 3 nitrogen and oxygen atoms in total. The second-order valence-corrected chi connectivity index (χ2v) is 5.98. The molecule has 0 radical (unpaired) electrons. The lowest BCUT2D eigenvalue weighted by atomic mass is 10.1. The maximum Gasteiger partial charge on any atom is 0.392 e. The highest BCUT2D eigenvalue weighted by molar-refractivity contribution is 5.79. The molecule has 6 heteroatoms. The van der Waals surface area contributed by atoms with Crippen molar-refractivity contribution in [3.8, 4) is 0 Å². The molecule has 1 aromatic carbocycles. The number of rotatable bonds is 4. The molecule has 0 N–H and O–H groups in total. The smallest absolute Gasteiger partial charge is 0.336 e. The number of alkyl halides is 3. The van der Waals surface area contributed by atoms with Gasteiger partial charge in [0.05, 0.1) is 12.5 Å². The van der Waals surface area contributed by atoms with Gasteiger partial charge in [-0.15, -0.1) is 0 Å². The van der Waals surface area contributed by atoms with Gasteiger partial charge < -0.3 is 4.90 Å². The van der Waals surface area contributed by atoms with Gasteiger partial charge in [-0.05, 0) is 12.5 Å². The van der Waals surface area contributed by atoms with Crippen molar-refractivity contribution in [3.63, 3.8) is 0 Å². The topological polar surface area (TPSA) is 23.6 Å². The number of piperazine rings is 1. The Morgan fingerprint density at radius 3 is 2.36 bits per heavy atom. The number of hydrogen-bond acceptors (Lipinski definition) is 2. The van der Waals surface area contributed by atoms with E-state index in [2.05, 4.69) is 0 Å². The predicted octanol–water partition coefficient (Wildman–Crippen LogP) is 2.84. The standard InChI is InChI=1S/C16H21F3N2O/c1-12-3-5-14(6-4-12)10-21-8-7-20(11-15(21)22)9-13(2)16(17,18)19/h3-6,13H,7-11H2,1-2H3/t13-/m0/s1. The van der Waals surface area contributed by atoms with E-state index in [4.69, 9.17) is 0 Å². The fraction of sp³-hybridized carbons (Fsp3) is 0.562. The Morgan fingerprint density at radius 2 is 1.82 bits per heavy atom. The molecule has 0 aliphatic carbocycles. The zero-order chi connectivity index (χ0) is 16.3. The molecule has 1 aliphatic rings. The van der Waals surface area contributed by atoms with E-state index in [1.807, 2.05) is 31.2 Å². The molecule has 122 valence electrons. The van der Waals surface area contributed by atoms with Crippen LogP contribution in [0.1, 0.15) is 18.1 Å². The fourth-order valence-corrected chi connectivity index (χ4v) is 2.48. The van der Waals surface area contributed by atoms with Crippen LogP contribution in [0, 0.1) is 12.8 Å². The Hall–Kier alpha value is -1.56. The first kappa shape index (κ1) is 16.8. The number of halogens is 3. The van der Waals surface area contributed by atoms with Crippen molar-refractivity contribution in [3.05, 3.63) is 35.4 Å². The number of hydrogen-bond donors (Lipinski definition) is 0. The molecule has 1 amide bonds. The molecule has 0 saturated carbocycles. The van der Waals surface area contributed by atoms with E-state index in [-0.39, 0.29) is 19.0 Å². The Morgan fingerprint density at radius 1 is 1.18 bits per heavy atom. The van der Waals surface area contributed by atoms with Crippen LogP contribution in [0.15, 0.2) is 24.3 Å². The summed E-state index contributed by atoms with van der Waals surface area (Å²) in [6.45, 7) is 4.57. The molecule has 1 heterocycles. The van der Waals surface area contributed by atoms with Crippen LogP contribution in [-0.4, -0.2) is 48.1 Å². The molecule has 1 fully saturated rings. The summed E-state index contributed by atoms with van der Waals surface area (Å²) in [5.41, 5.74) is 2.19. The molecule has 1 atom stereocenters. The molecular weight excluding hydrogens is 293 g/mol. The third-order valence-corrected chi connectivity index (χ3v) is 3.98. The summed E-state index contributed by atoms with van der Waals surface area (Å²) in [6.07, 6.45) is -4.21. The quantitative estimate of drug-likeness (QED) is 0.853. The lowest BCUT2D eigenvalue weighted by molar-refractivity contribution is -0.176. The Bertz CT molecular complexity index is 513. The second-order valence-electron chi connectivity index (χ2n) is 5.98. The summed E-state index contributed by atoms with van der Waals surface area (Å²) in [5.74, 6) is -1.52. The molecule has 22 heavy (non-hydrogen) atoms. The summed E-state index contributed by atoms with van der Waals surface area (Å²) < 4.78 is 37.7. The van der Waals surface area contributed by atoms with Gasteiger partial charge in [0.1, 0.15) is 0 Å². The molecule has 0 spiro atoms. The van der Waals surface area contributed by atoms with E-state index in [0.29, 0.717) is 19.6 Å². The van der Waals surface area contributed by atoms with Crippen LogP contribution >= 0.6 is 0 Å². The minimum absolute atomic E-state index is 0.0618. The van der Waals surface area contributed by atoms with Crippen molar-refractivity contribution < 1.29 is 18.0 Å². The van der Waals surface area contributed by atoms with Crippen molar-refractivity contribution in [1.29, 1.82) is 0 Å². The molecule has 1 saturated heterocycles. The Balaban J connectivity index is 1.87. The Labute approximate surface area is 128 Å². The van der Waals surface area contributed by atoms with Gasteiger partial charge in [-0.25, -0.2) is 0 Å². The lowest BCUT2D eigenvalue weighted by Crippen LogP contribution is -2.51. The van der Waals surface area contributed by atoms with E-state index in [0.717, 1.165) is 18.1 Å². The highest BCUT2D eigenvalue weighted by atomic mass is 19.4. The largest absolute Gasteiger partial charge is 0.392 e. The maximum atomic E-state index is 12.6. The van der Waals surface area contributed by atoms with Crippen LogP contribution in [-0.2, 0) is 11.3 Å². The minimum Gasteiger partial charge on any atom is -0.336 e. The molecule has 0 bridgehead atoms. The number of amides is 1. The van der Waals surface area contributed by atoms with Gasteiger partial charge in [0.2, 0.25) is 5.91 Å². The molecule has 0 aromatic heterocycles. The Kier molecular flexibility index (Phi) is 5.11. The van der Waals surface area contributed by atoms with Gasteiger partial charge >= 0.3 is 6.18 Å². The van der Waals surface area contributed by atoms with E-state index in [9.17, 15) is 18.0 Å². The van der Waals surface area contributed by atoms with Gasteiger partial charge in [0, 0.05) is 26.2 Å². The first-order chi connectivity index (χ1) is 10.3. The molecule has 2 rings (SSSR count). The van der Waals surface area contributed by atoms with Gasteiger partial charge in [0.25, 0.3) is 0 Å². The third-order valence-electron chi connectivity index (χ3n) is 3.98. The average Bonchev–Trinajstić information content (AvgIpc) is 2.43. The van der Waals surface area contributed by atoms with Crippen LogP contribution in [0.25, 0.3) is 0 Å². The minimum atomic E-state index is -4.21. The highest BCUT2D eigenvalue weighted by Gasteiger charge is 2.38. The van der Waals surface area contributed by atoms with Gasteiger partial charge in [-0.3, -0.25) is 9.69 Å². The van der Waals surface area contributed by atoms with Gasteiger partial charge in [0.15, 0.2) is 0 Å². The van der Waals surface area contributed by atoms with Crippen molar-refractivity contribution in [1.82, 2.24) is 9.80 Å². The second kappa shape index (κ2) is 6.69. The number of aryl methyl sites for hydroxylation is 1. The third kappa shape index (κ3) is 4.47. The first-order valence-electron chi connectivity index (χ1n) is 7.38. The monoisotopic (exact) mass is 314 g/mol. The summed E-state index contributed by atoms with van der Waals surface area (Å²) in [4.78, 5) is 15.4. The summed E-state index contributed by atoms with van der Waals surface area (Å²) in [7, 11) is 0. The van der Waals surface area contributed by atoms with Crippen LogP contribution in [0.4, 0.5) is 13.2 Å². The number of carbonyl (C=O) groups excluding carboxylic acids is 1. The van der Waals surface area contributed by atoms with E-state index < -0.39 is 12.1 Å². The van der Waals surface area contributed by atoms with Crippen molar-refractivity contribution >= 4 is 5.91 Å². The normalized spacial score (nSPS) is 18.6. The van der Waals surface area contributed by atoms with Crippen molar-refractivity contribution in [2.75, 3.05) is 26.2 Å². The maximum absolute atomic E-state index is 12.6. The van der Waals surface area contributed by atoms with E-state index in [1.54, 1.807) is 9.80 Å². The average molecular weight is 314 g/mol. The molecule has 1 aromatic rings. The fourth-order valence-electron chi connectivity index (χ4n) is 2.48. The number of benzene rings is 1. The van der Waals surface area contributed by atoms with Crippen LogP contribution in [0.2, 0.25) is 0 Å².